The molecule has 1 aromatic carbocycles. The lowest BCUT2D eigenvalue weighted by Gasteiger charge is -2.41. The number of aliphatic hydroxyl groups excluding tert-OH is 1. The van der Waals surface area contributed by atoms with E-state index in [1.807, 2.05) is 32.0 Å². The van der Waals surface area contributed by atoms with Crippen LogP contribution in [0.2, 0.25) is 0 Å². The number of benzene rings is 1. The van der Waals surface area contributed by atoms with Crippen LogP contribution in [0, 0.1) is 11.8 Å². The van der Waals surface area contributed by atoms with Crippen molar-refractivity contribution in [3.05, 3.63) is 35.9 Å². The Balaban J connectivity index is 2.02. The smallest absolute Gasteiger partial charge is 0.335 e. The van der Waals surface area contributed by atoms with E-state index < -0.39 is 18.2 Å². The van der Waals surface area contributed by atoms with Crippen molar-refractivity contribution in [2.24, 2.45) is 11.8 Å². The highest BCUT2D eigenvalue weighted by atomic mass is 16.6. The van der Waals surface area contributed by atoms with Crippen molar-refractivity contribution < 1.29 is 19.4 Å². The monoisotopic (exact) mass is 292 g/mol. The zero-order chi connectivity index (χ0) is 15.4. The fourth-order valence-corrected chi connectivity index (χ4v) is 2.98. The van der Waals surface area contributed by atoms with Gasteiger partial charge in [-0.15, -0.1) is 0 Å². The minimum Gasteiger partial charge on any atom is -0.467 e. The van der Waals surface area contributed by atoms with Gasteiger partial charge in [0, 0.05) is 11.8 Å². The summed E-state index contributed by atoms with van der Waals surface area (Å²) in [7, 11) is 1.35. The Kier molecular flexibility index (Phi) is 5.37. The maximum absolute atomic E-state index is 11.8. The van der Waals surface area contributed by atoms with Gasteiger partial charge in [0.15, 0.2) is 6.10 Å². The van der Waals surface area contributed by atoms with Gasteiger partial charge in [0.05, 0.1) is 19.3 Å². The van der Waals surface area contributed by atoms with Gasteiger partial charge in [-0.05, 0) is 18.4 Å². The molecule has 1 saturated heterocycles. The molecule has 1 heterocycles. The van der Waals surface area contributed by atoms with E-state index in [1.165, 1.54) is 12.7 Å². The Morgan fingerprint density at radius 1 is 1.24 bits per heavy atom. The Labute approximate surface area is 126 Å². The lowest BCUT2D eigenvalue weighted by atomic mass is 9.81. The predicted octanol–water partition coefficient (Wildman–Crippen LogP) is 2.19. The summed E-state index contributed by atoms with van der Waals surface area (Å²) in [5, 5.41) is 10.3. The van der Waals surface area contributed by atoms with Gasteiger partial charge in [0.2, 0.25) is 0 Å². The quantitative estimate of drug-likeness (QED) is 0.864. The molecule has 0 bridgehead atoms. The average molecular weight is 292 g/mol. The number of hydrogen-bond acceptors (Lipinski definition) is 4. The topological polar surface area (TPSA) is 55.8 Å². The van der Waals surface area contributed by atoms with Crippen molar-refractivity contribution in [2.75, 3.05) is 7.11 Å². The lowest BCUT2D eigenvalue weighted by Crippen LogP contribution is -2.52. The second-order valence-electron chi connectivity index (χ2n) is 5.85. The molecule has 1 fully saturated rings. The molecule has 2 rings (SSSR count). The molecule has 1 aromatic rings. The number of hydrogen-bond donors (Lipinski definition) is 1. The highest BCUT2D eigenvalue weighted by molar-refractivity contribution is 5.75. The van der Waals surface area contributed by atoms with E-state index in [9.17, 15) is 9.90 Å². The Bertz CT molecular complexity index is 459. The molecule has 0 spiro atoms. The third kappa shape index (κ3) is 3.63. The summed E-state index contributed by atoms with van der Waals surface area (Å²) >= 11 is 0. The SMILES string of the molecule is COC(=O)[C@H]1O[C@@H](CCc2ccccc2)[C@@H](C)[C@@H](O)[C@H]1C. The molecule has 1 aliphatic heterocycles. The zero-order valence-corrected chi connectivity index (χ0v) is 12.9. The lowest BCUT2D eigenvalue weighted by molar-refractivity contribution is -0.193. The molecular weight excluding hydrogens is 268 g/mol. The van der Waals surface area contributed by atoms with Gasteiger partial charge in [0.25, 0.3) is 0 Å². The molecule has 0 amide bonds. The second kappa shape index (κ2) is 7.05. The van der Waals surface area contributed by atoms with Crippen LogP contribution in [0.15, 0.2) is 30.3 Å². The van der Waals surface area contributed by atoms with Crippen LogP contribution >= 0.6 is 0 Å². The first-order chi connectivity index (χ1) is 10.0. The van der Waals surface area contributed by atoms with Crippen LogP contribution in [0.25, 0.3) is 0 Å². The van der Waals surface area contributed by atoms with Gasteiger partial charge in [-0.2, -0.15) is 0 Å². The van der Waals surface area contributed by atoms with Crippen molar-refractivity contribution >= 4 is 5.97 Å². The number of rotatable bonds is 4. The fourth-order valence-electron chi connectivity index (χ4n) is 2.98. The second-order valence-corrected chi connectivity index (χ2v) is 5.85. The van der Waals surface area contributed by atoms with Crippen LogP contribution in [-0.4, -0.2) is 36.5 Å². The third-order valence-electron chi connectivity index (χ3n) is 4.46. The zero-order valence-electron chi connectivity index (χ0n) is 12.9. The van der Waals surface area contributed by atoms with Gasteiger partial charge >= 0.3 is 5.97 Å². The van der Waals surface area contributed by atoms with Gasteiger partial charge in [-0.25, -0.2) is 4.79 Å². The maximum Gasteiger partial charge on any atom is 0.335 e. The molecule has 0 aliphatic carbocycles. The third-order valence-corrected chi connectivity index (χ3v) is 4.46. The number of aryl methyl sites for hydroxylation is 1. The molecule has 21 heavy (non-hydrogen) atoms. The summed E-state index contributed by atoms with van der Waals surface area (Å²) in [6, 6.07) is 10.2. The Morgan fingerprint density at radius 3 is 2.52 bits per heavy atom. The van der Waals surface area contributed by atoms with Gasteiger partial charge in [-0.3, -0.25) is 0 Å². The summed E-state index contributed by atoms with van der Waals surface area (Å²) in [4.78, 5) is 11.8. The molecule has 0 radical (unpaired) electrons. The molecule has 0 aromatic heterocycles. The summed E-state index contributed by atoms with van der Waals surface area (Å²) < 4.78 is 10.7. The fraction of sp³-hybridized carbons (Fsp3) is 0.588. The van der Waals surface area contributed by atoms with Crippen LogP contribution in [0.5, 0.6) is 0 Å². The number of carbonyl (C=O) groups is 1. The van der Waals surface area contributed by atoms with E-state index in [4.69, 9.17) is 9.47 Å². The van der Waals surface area contributed by atoms with Crippen LogP contribution < -0.4 is 0 Å². The van der Waals surface area contributed by atoms with Crippen LogP contribution in [0.1, 0.15) is 25.8 Å². The van der Waals surface area contributed by atoms with Gasteiger partial charge in [-0.1, -0.05) is 44.2 Å². The first-order valence-electron chi connectivity index (χ1n) is 7.50. The van der Waals surface area contributed by atoms with E-state index in [0.29, 0.717) is 0 Å². The largest absolute Gasteiger partial charge is 0.467 e. The summed E-state index contributed by atoms with van der Waals surface area (Å²) in [6.07, 6.45) is 0.277. The molecule has 0 unspecified atom stereocenters. The number of aliphatic hydroxyl groups is 1. The average Bonchev–Trinajstić information content (AvgIpc) is 2.52. The standard InChI is InChI=1S/C17H24O4/c1-11-14(10-9-13-7-5-4-6-8-13)21-16(17(19)20-3)12(2)15(11)18/h4-8,11-12,14-16,18H,9-10H2,1-3H3/t11-,12-,14+,15-,16+/m1/s1. The Hall–Kier alpha value is -1.39. The first-order valence-corrected chi connectivity index (χ1v) is 7.50. The maximum atomic E-state index is 11.8. The molecular formula is C17H24O4. The molecule has 1 N–H and O–H groups in total. The molecule has 4 heteroatoms. The summed E-state index contributed by atoms with van der Waals surface area (Å²) in [6.45, 7) is 3.81. The van der Waals surface area contributed by atoms with Crippen molar-refractivity contribution in [3.63, 3.8) is 0 Å². The molecule has 116 valence electrons. The predicted molar refractivity (Wildman–Crippen MR) is 79.8 cm³/mol. The van der Waals surface area contributed by atoms with E-state index >= 15 is 0 Å². The summed E-state index contributed by atoms with van der Waals surface area (Å²) in [5.74, 6) is -0.650. The van der Waals surface area contributed by atoms with E-state index in [-0.39, 0.29) is 17.9 Å². The van der Waals surface area contributed by atoms with Gasteiger partial charge < -0.3 is 14.6 Å². The highest BCUT2D eigenvalue weighted by Crippen LogP contribution is 2.32. The van der Waals surface area contributed by atoms with Gasteiger partial charge in [0.1, 0.15) is 0 Å². The van der Waals surface area contributed by atoms with Crippen molar-refractivity contribution in [3.8, 4) is 0 Å². The van der Waals surface area contributed by atoms with Crippen molar-refractivity contribution in [1.82, 2.24) is 0 Å². The first kappa shape index (κ1) is 16.0. The highest BCUT2D eigenvalue weighted by Gasteiger charge is 2.43. The van der Waals surface area contributed by atoms with E-state index in [1.54, 1.807) is 0 Å². The van der Waals surface area contributed by atoms with Crippen LogP contribution in [0.3, 0.4) is 0 Å². The van der Waals surface area contributed by atoms with Crippen molar-refractivity contribution in [1.29, 1.82) is 0 Å². The van der Waals surface area contributed by atoms with Crippen molar-refractivity contribution in [2.45, 2.75) is 45.0 Å². The molecule has 5 atom stereocenters. The Morgan fingerprint density at radius 2 is 1.90 bits per heavy atom. The summed E-state index contributed by atoms with van der Waals surface area (Å²) in [5.41, 5.74) is 1.23. The number of ether oxygens (including phenoxy) is 2. The van der Waals surface area contributed by atoms with E-state index in [0.717, 1.165) is 12.8 Å². The van der Waals surface area contributed by atoms with E-state index in [2.05, 4.69) is 12.1 Å². The molecule has 0 saturated carbocycles. The van der Waals surface area contributed by atoms with Crippen LogP contribution in [-0.2, 0) is 20.7 Å². The van der Waals surface area contributed by atoms with Crippen LogP contribution in [0.4, 0.5) is 0 Å². The minimum absolute atomic E-state index is 0.00428. The number of esters is 1. The number of methoxy groups -OCH3 is 1. The normalized spacial score (nSPS) is 32.7. The molecule has 4 nitrogen and oxygen atoms in total. The molecule has 1 aliphatic rings. The minimum atomic E-state index is -0.679. The number of carbonyl (C=O) groups excluding carboxylic acids is 1.